The van der Waals surface area contributed by atoms with E-state index in [4.69, 9.17) is 4.74 Å². The molecule has 18 heavy (non-hydrogen) atoms. The number of hydrogen-bond donors (Lipinski definition) is 1. The van der Waals surface area contributed by atoms with Gasteiger partial charge in [0.15, 0.2) is 5.78 Å². The first-order valence-corrected chi connectivity index (χ1v) is 7.21. The second kappa shape index (κ2) is 6.64. The molecule has 1 N–H and O–H groups in total. The number of Topliss-reactive ketones (excluding diaryl/α,β-unsaturated/α-hetero) is 1. The Labute approximate surface area is 110 Å². The first-order valence-electron chi connectivity index (χ1n) is 7.21. The summed E-state index contributed by atoms with van der Waals surface area (Å²) in [6.07, 6.45) is 4.47. The van der Waals surface area contributed by atoms with Crippen LogP contribution in [-0.4, -0.2) is 56.1 Å². The zero-order valence-electron chi connectivity index (χ0n) is 11.7. The van der Waals surface area contributed by atoms with Crippen molar-refractivity contribution in [3.8, 4) is 0 Å². The van der Waals surface area contributed by atoms with Crippen LogP contribution in [0.4, 0.5) is 0 Å². The molecule has 0 aromatic rings. The van der Waals surface area contributed by atoms with Gasteiger partial charge in [-0.15, -0.1) is 0 Å². The number of hydrogen-bond acceptors (Lipinski definition) is 4. The fourth-order valence-electron chi connectivity index (χ4n) is 3.03. The van der Waals surface area contributed by atoms with Crippen molar-refractivity contribution in [2.45, 2.75) is 44.8 Å². The molecule has 2 saturated heterocycles. The van der Waals surface area contributed by atoms with Gasteiger partial charge in [-0.05, 0) is 52.7 Å². The number of rotatable bonds is 4. The summed E-state index contributed by atoms with van der Waals surface area (Å²) in [5, 5.41) is 3.64. The van der Waals surface area contributed by atoms with Crippen molar-refractivity contribution in [2.24, 2.45) is 5.92 Å². The highest BCUT2D eigenvalue weighted by molar-refractivity contribution is 5.80. The van der Waals surface area contributed by atoms with Crippen molar-refractivity contribution in [3.05, 3.63) is 0 Å². The number of piperidine rings is 1. The van der Waals surface area contributed by atoms with Crippen LogP contribution in [0.15, 0.2) is 0 Å². The molecule has 2 aliphatic heterocycles. The second-order valence-corrected chi connectivity index (χ2v) is 5.79. The van der Waals surface area contributed by atoms with Crippen molar-refractivity contribution < 1.29 is 9.53 Å². The molecule has 0 aromatic carbocycles. The summed E-state index contributed by atoms with van der Waals surface area (Å²) in [6, 6.07) is 0.621. The van der Waals surface area contributed by atoms with Gasteiger partial charge >= 0.3 is 0 Å². The molecule has 4 nitrogen and oxygen atoms in total. The minimum atomic E-state index is -0.169. The molecule has 0 aromatic heterocycles. The van der Waals surface area contributed by atoms with E-state index in [0.717, 1.165) is 26.0 Å². The summed E-state index contributed by atoms with van der Waals surface area (Å²) >= 11 is 0. The summed E-state index contributed by atoms with van der Waals surface area (Å²) < 4.78 is 5.61. The highest BCUT2D eigenvalue weighted by Crippen LogP contribution is 2.21. The van der Waals surface area contributed by atoms with Gasteiger partial charge in [0, 0.05) is 25.1 Å². The molecule has 0 amide bonds. The topological polar surface area (TPSA) is 41.6 Å². The third kappa shape index (κ3) is 3.77. The third-order valence-electron chi connectivity index (χ3n) is 4.23. The molecule has 0 saturated carbocycles. The van der Waals surface area contributed by atoms with Crippen molar-refractivity contribution in [2.75, 3.05) is 33.3 Å². The van der Waals surface area contributed by atoms with Gasteiger partial charge in [0.2, 0.25) is 0 Å². The molecule has 2 aliphatic rings. The van der Waals surface area contributed by atoms with E-state index in [0.29, 0.717) is 12.0 Å². The molecule has 2 unspecified atom stereocenters. The predicted octanol–water partition coefficient (Wildman–Crippen LogP) is 1.05. The van der Waals surface area contributed by atoms with Crippen LogP contribution in [-0.2, 0) is 9.53 Å². The Morgan fingerprint density at radius 1 is 1.33 bits per heavy atom. The van der Waals surface area contributed by atoms with Gasteiger partial charge in [0.05, 0.1) is 0 Å². The summed E-state index contributed by atoms with van der Waals surface area (Å²) in [5.41, 5.74) is 0. The molecule has 2 fully saturated rings. The first kappa shape index (κ1) is 14.0. The zero-order chi connectivity index (χ0) is 13.0. The summed E-state index contributed by atoms with van der Waals surface area (Å²) in [7, 11) is 2.18. The summed E-state index contributed by atoms with van der Waals surface area (Å²) in [6.45, 7) is 5.68. The van der Waals surface area contributed by atoms with Gasteiger partial charge in [-0.2, -0.15) is 0 Å². The van der Waals surface area contributed by atoms with Crippen LogP contribution in [0.1, 0.15) is 32.6 Å². The molecular formula is C14H26N2O2. The van der Waals surface area contributed by atoms with Crippen LogP contribution >= 0.6 is 0 Å². The van der Waals surface area contributed by atoms with Gasteiger partial charge < -0.3 is 15.0 Å². The van der Waals surface area contributed by atoms with E-state index in [2.05, 4.69) is 17.3 Å². The van der Waals surface area contributed by atoms with Gasteiger partial charge in [-0.3, -0.25) is 4.79 Å². The fraction of sp³-hybridized carbons (Fsp3) is 0.929. The molecule has 104 valence electrons. The van der Waals surface area contributed by atoms with Crippen LogP contribution in [0.2, 0.25) is 0 Å². The van der Waals surface area contributed by atoms with Crippen molar-refractivity contribution in [3.63, 3.8) is 0 Å². The number of nitrogens with zero attached hydrogens (tertiary/aromatic N) is 1. The Hall–Kier alpha value is -0.450. The molecule has 0 bridgehead atoms. The highest BCUT2D eigenvalue weighted by atomic mass is 16.5. The third-order valence-corrected chi connectivity index (χ3v) is 4.23. The first-order chi connectivity index (χ1) is 8.66. The quantitative estimate of drug-likeness (QED) is 0.814. The van der Waals surface area contributed by atoms with Gasteiger partial charge in [-0.25, -0.2) is 0 Å². The van der Waals surface area contributed by atoms with Gasteiger partial charge in [-0.1, -0.05) is 0 Å². The Morgan fingerprint density at radius 2 is 2.06 bits per heavy atom. The Balaban J connectivity index is 1.75. The van der Waals surface area contributed by atoms with E-state index in [9.17, 15) is 4.79 Å². The van der Waals surface area contributed by atoms with E-state index in [1.807, 2.05) is 0 Å². The van der Waals surface area contributed by atoms with E-state index in [-0.39, 0.29) is 11.9 Å². The fourth-order valence-corrected chi connectivity index (χ4v) is 3.03. The molecule has 2 atom stereocenters. The van der Waals surface area contributed by atoms with Gasteiger partial charge in [0.25, 0.3) is 0 Å². The maximum absolute atomic E-state index is 11.5. The summed E-state index contributed by atoms with van der Waals surface area (Å²) in [4.78, 5) is 13.9. The lowest BCUT2D eigenvalue weighted by atomic mass is 9.91. The molecule has 4 heteroatoms. The monoisotopic (exact) mass is 254 g/mol. The van der Waals surface area contributed by atoms with E-state index in [1.54, 1.807) is 6.92 Å². The lowest BCUT2D eigenvalue weighted by Gasteiger charge is -2.34. The zero-order valence-corrected chi connectivity index (χ0v) is 11.7. The number of ether oxygens (including phenoxy) is 1. The maximum Gasteiger partial charge on any atom is 0.158 e. The molecule has 0 spiro atoms. The Morgan fingerprint density at radius 3 is 2.72 bits per heavy atom. The number of carbonyl (C=O) groups excluding carboxylic acids is 1. The van der Waals surface area contributed by atoms with E-state index < -0.39 is 0 Å². The molecular weight excluding hydrogens is 228 g/mol. The van der Waals surface area contributed by atoms with Crippen molar-refractivity contribution in [1.82, 2.24) is 10.2 Å². The molecule has 2 heterocycles. The maximum atomic E-state index is 11.5. The smallest absolute Gasteiger partial charge is 0.158 e. The highest BCUT2D eigenvalue weighted by Gasteiger charge is 2.30. The van der Waals surface area contributed by atoms with E-state index in [1.165, 1.54) is 25.9 Å². The number of likely N-dealkylation sites (tertiary alicyclic amines) is 1. The average molecular weight is 254 g/mol. The minimum Gasteiger partial charge on any atom is -0.370 e. The molecule has 0 aliphatic carbocycles. The van der Waals surface area contributed by atoms with Crippen LogP contribution in [0.5, 0.6) is 0 Å². The lowest BCUT2D eigenvalue weighted by molar-refractivity contribution is -0.135. The van der Waals surface area contributed by atoms with Crippen molar-refractivity contribution >= 4 is 5.78 Å². The largest absolute Gasteiger partial charge is 0.370 e. The van der Waals surface area contributed by atoms with Crippen LogP contribution in [0, 0.1) is 5.92 Å². The Bertz CT molecular complexity index is 275. The number of nitrogens with one attached hydrogen (secondary N) is 1. The average Bonchev–Trinajstić information content (AvgIpc) is 2.38. The minimum absolute atomic E-state index is 0.169. The Kier molecular flexibility index (Phi) is 5.15. The normalized spacial score (nSPS) is 31.4. The van der Waals surface area contributed by atoms with E-state index >= 15 is 0 Å². The van der Waals surface area contributed by atoms with Crippen molar-refractivity contribution in [1.29, 1.82) is 0 Å². The van der Waals surface area contributed by atoms with Crippen LogP contribution in [0.3, 0.4) is 0 Å². The standard InChI is InChI=1S/C14H26N2O2/c1-11(17)14-12(4-3-9-18-14)10-15-13-5-7-16(2)8-6-13/h12-15H,3-10H2,1-2H3. The number of carbonyl (C=O) groups is 1. The molecule has 0 radical (unpaired) electrons. The van der Waals surface area contributed by atoms with Gasteiger partial charge in [0.1, 0.15) is 6.10 Å². The lowest BCUT2D eigenvalue weighted by Crippen LogP contribution is -2.46. The predicted molar refractivity (Wildman–Crippen MR) is 71.7 cm³/mol. The summed E-state index contributed by atoms with van der Waals surface area (Å²) in [5.74, 6) is 0.556. The second-order valence-electron chi connectivity index (χ2n) is 5.79. The molecule has 2 rings (SSSR count). The van der Waals surface area contributed by atoms with Crippen LogP contribution in [0.25, 0.3) is 0 Å². The SMILES string of the molecule is CC(=O)C1OCCCC1CNC1CCN(C)CC1. The van der Waals surface area contributed by atoms with Crippen LogP contribution < -0.4 is 5.32 Å². The number of ketones is 1.